The van der Waals surface area contributed by atoms with Crippen LogP contribution in [0.25, 0.3) is 0 Å². The molecule has 1 N–H and O–H groups in total. The number of hydrogen-bond donors (Lipinski definition) is 1. The lowest BCUT2D eigenvalue weighted by Crippen LogP contribution is -2.41. The zero-order chi connectivity index (χ0) is 19.9. The highest BCUT2D eigenvalue weighted by Crippen LogP contribution is 2.32. The quantitative estimate of drug-likeness (QED) is 0.823. The summed E-state index contributed by atoms with van der Waals surface area (Å²) in [6.07, 6.45) is 5.02. The van der Waals surface area contributed by atoms with E-state index in [1.807, 2.05) is 0 Å². The van der Waals surface area contributed by atoms with Crippen molar-refractivity contribution in [1.82, 2.24) is 14.9 Å². The first-order valence-corrected chi connectivity index (χ1v) is 9.20. The highest BCUT2D eigenvalue weighted by Gasteiger charge is 2.28. The van der Waals surface area contributed by atoms with Crippen LogP contribution in [0.2, 0.25) is 0 Å². The summed E-state index contributed by atoms with van der Waals surface area (Å²) in [4.78, 5) is 33.9. The normalized spacial score (nSPS) is 16.5. The van der Waals surface area contributed by atoms with Gasteiger partial charge in [-0.05, 0) is 37.1 Å². The van der Waals surface area contributed by atoms with Gasteiger partial charge in [-0.1, -0.05) is 0 Å². The molecule has 2 heterocycles. The van der Waals surface area contributed by atoms with Gasteiger partial charge in [0.25, 0.3) is 0 Å². The number of nitrogens with zero attached hydrogens (tertiary/aromatic N) is 3. The standard InChI is InChI=1S/C20H24N4O4/c1-14(25)23-16-5-7-17(8-6-16)28-20-19(21-9-10-22-20)15-4-3-11-24(12-15)18(26)13-27-2/h5-10,15H,3-4,11-13H2,1-2H3,(H,23,25). The van der Waals surface area contributed by atoms with Gasteiger partial charge in [0.1, 0.15) is 18.1 Å². The van der Waals surface area contributed by atoms with Crippen molar-refractivity contribution < 1.29 is 19.1 Å². The van der Waals surface area contributed by atoms with Gasteiger partial charge in [-0.15, -0.1) is 0 Å². The van der Waals surface area contributed by atoms with Crippen molar-refractivity contribution in [3.63, 3.8) is 0 Å². The van der Waals surface area contributed by atoms with E-state index in [0.717, 1.165) is 25.1 Å². The van der Waals surface area contributed by atoms with E-state index in [1.54, 1.807) is 41.6 Å². The van der Waals surface area contributed by atoms with Crippen LogP contribution in [0.15, 0.2) is 36.7 Å². The Morgan fingerprint density at radius 3 is 2.68 bits per heavy atom. The SMILES string of the molecule is COCC(=O)N1CCCC(c2nccnc2Oc2ccc(NC(C)=O)cc2)C1. The molecule has 1 saturated heterocycles. The summed E-state index contributed by atoms with van der Waals surface area (Å²) in [5.41, 5.74) is 1.43. The summed E-state index contributed by atoms with van der Waals surface area (Å²) in [5.74, 6) is 0.929. The van der Waals surface area contributed by atoms with Crippen molar-refractivity contribution in [2.75, 3.05) is 32.1 Å². The van der Waals surface area contributed by atoms with Gasteiger partial charge in [0.05, 0.1) is 0 Å². The third-order valence-electron chi connectivity index (χ3n) is 4.51. The zero-order valence-corrected chi connectivity index (χ0v) is 16.1. The third kappa shape index (κ3) is 5.04. The topological polar surface area (TPSA) is 93.7 Å². The molecule has 0 aliphatic carbocycles. The summed E-state index contributed by atoms with van der Waals surface area (Å²) in [6.45, 7) is 2.83. The van der Waals surface area contributed by atoms with Crippen LogP contribution in [0.1, 0.15) is 31.4 Å². The van der Waals surface area contributed by atoms with Gasteiger partial charge in [-0.25, -0.2) is 4.98 Å². The molecule has 0 radical (unpaired) electrons. The summed E-state index contributed by atoms with van der Waals surface area (Å²) < 4.78 is 10.9. The van der Waals surface area contributed by atoms with Crippen LogP contribution >= 0.6 is 0 Å². The smallest absolute Gasteiger partial charge is 0.248 e. The molecule has 0 spiro atoms. The second-order valence-corrected chi connectivity index (χ2v) is 6.67. The van der Waals surface area contributed by atoms with E-state index in [0.29, 0.717) is 23.9 Å². The molecule has 1 atom stereocenters. The number of anilines is 1. The minimum atomic E-state index is -0.130. The molecule has 1 aliphatic rings. The zero-order valence-electron chi connectivity index (χ0n) is 16.1. The Morgan fingerprint density at radius 2 is 1.96 bits per heavy atom. The maximum atomic E-state index is 12.2. The van der Waals surface area contributed by atoms with Crippen LogP contribution in [0.5, 0.6) is 11.6 Å². The third-order valence-corrected chi connectivity index (χ3v) is 4.51. The van der Waals surface area contributed by atoms with Crippen molar-refractivity contribution in [3.8, 4) is 11.6 Å². The summed E-state index contributed by atoms with van der Waals surface area (Å²) >= 11 is 0. The van der Waals surface area contributed by atoms with Gasteiger partial charge in [-0.2, -0.15) is 0 Å². The van der Waals surface area contributed by atoms with Crippen molar-refractivity contribution in [2.24, 2.45) is 0 Å². The highest BCUT2D eigenvalue weighted by molar-refractivity contribution is 5.88. The summed E-state index contributed by atoms with van der Waals surface area (Å²) in [6, 6.07) is 7.05. The van der Waals surface area contributed by atoms with Crippen molar-refractivity contribution in [1.29, 1.82) is 0 Å². The molecule has 1 aromatic heterocycles. The number of aromatic nitrogens is 2. The Bertz CT molecular complexity index is 825. The molecule has 2 amide bonds. The van der Waals surface area contributed by atoms with Gasteiger partial charge >= 0.3 is 0 Å². The van der Waals surface area contributed by atoms with Gasteiger partial charge in [-0.3, -0.25) is 14.6 Å². The highest BCUT2D eigenvalue weighted by atomic mass is 16.5. The lowest BCUT2D eigenvalue weighted by atomic mass is 9.94. The molecule has 3 rings (SSSR count). The molecule has 0 bridgehead atoms. The largest absolute Gasteiger partial charge is 0.437 e. The van der Waals surface area contributed by atoms with E-state index < -0.39 is 0 Å². The number of hydrogen-bond acceptors (Lipinski definition) is 6. The number of nitrogens with one attached hydrogen (secondary N) is 1. The minimum absolute atomic E-state index is 0.0212. The Labute approximate surface area is 163 Å². The van der Waals surface area contributed by atoms with E-state index in [4.69, 9.17) is 9.47 Å². The van der Waals surface area contributed by atoms with Gasteiger partial charge in [0, 0.05) is 51.1 Å². The number of likely N-dealkylation sites (tertiary alicyclic amines) is 1. The second-order valence-electron chi connectivity index (χ2n) is 6.67. The predicted octanol–water partition coefficient (Wildman–Crippen LogP) is 2.58. The van der Waals surface area contributed by atoms with Crippen LogP contribution in [-0.4, -0.2) is 53.5 Å². The summed E-state index contributed by atoms with van der Waals surface area (Å²) in [7, 11) is 1.52. The average molecular weight is 384 g/mol. The predicted molar refractivity (Wildman–Crippen MR) is 103 cm³/mol. The van der Waals surface area contributed by atoms with Gasteiger partial charge in [0.2, 0.25) is 17.7 Å². The Kier molecular flexibility index (Phi) is 6.54. The maximum absolute atomic E-state index is 12.2. The molecule has 28 heavy (non-hydrogen) atoms. The van der Waals surface area contributed by atoms with E-state index in [2.05, 4.69) is 15.3 Å². The molecule has 1 unspecified atom stereocenters. The fourth-order valence-corrected chi connectivity index (χ4v) is 3.26. The molecule has 1 aliphatic heterocycles. The first-order valence-electron chi connectivity index (χ1n) is 9.20. The molecular weight excluding hydrogens is 360 g/mol. The van der Waals surface area contributed by atoms with E-state index in [1.165, 1.54) is 14.0 Å². The molecule has 1 aromatic carbocycles. The number of carbonyl (C=O) groups excluding carboxylic acids is 2. The monoisotopic (exact) mass is 384 g/mol. The molecule has 148 valence electrons. The molecule has 1 fully saturated rings. The number of piperidine rings is 1. The van der Waals surface area contributed by atoms with E-state index in [9.17, 15) is 9.59 Å². The van der Waals surface area contributed by atoms with Crippen molar-refractivity contribution in [3.05, 3.63) is 42.4 Å². The number of benzene rings is 1. The van der Waals surface area contributed by atoms with Crippen LogP contribution < -0.4 is 10.1 Å². The maximum Gasteiger partial charge on any atom is 0.248 e. The van der Waals surface area contributed by atoms with Crippen LogP contribution in [-0.2, 0) is 14.3 Å². The average Bonchev–Trinajstić information content (AvgIpc) is 2.70. The van der Waals surface area contributed by atoms with Gasteiger partial charge in [0.15, 0.2) is 0 Å². The number of methoxy groups -OCH3 is 1. The van der Waals surface area contributed by atoms with Crippen LogP contribution in [0, 0.1) is 0 Å². The Hall–Kier alpha value is -3.00. The number of amides is 2. The fraction of sp³-hybridized carbons (Fsp3) is 0.400. The summed E-state index contributed by atoms with van der Waals surface area (Å²) in [5, 5.41) is 2.71. The lowest BCUT2D eigenvalue weighted by molar-refractivity contribution is -0.136. The lowest BCUT2D eigenvalue weighted by Gasteiger charge is -2.32. The minimum Gasteiger partial charge on any atom is -0.437 e. The van der Waals surface area contributed by atoms with Crippen molar-refractivity contribution >= 4 is 17.5 Å². The number of ether oxygens (including phenoxy) is 2. The van der Waals surface area contributed by atoms with E-state index >= 15 is 0 Å². The molecule has 0 saturated carbocycles. The molecular formula is C20H24N4O4. The van der Waals surface area contributed by atoms with E-state index in [-0.39, 0.29) is 24.3 Å². The molecule has 8 heteroatoms. The van der Waals surface area contributed by atoms with Crippen LogP contribution in [0.3, 0.4) is 0 Å². The number of rotatable bonds is 6. The Morgan fingerprint density at radius 1 is 1.21 bits per heavy atom. The first-order chi connectivity index (χ1) is 13.6. The molecule has 8 nitrogen and oxygen atoms in total. The fourth-order valence-electron chi connectivity index (χ4n) is 3.26. The first kappa shape index (κ1) is 19.8. The second kappa shape index (κ2) is 9.27. The van der Waals surface area contributed by atoms with Gasteiger partial charge < -0.3 is 19.7 Å². The van der Waals surface area contributed by atoms with Crippen LogP contribution in [0.4, 0.5) is 5.69 Å². The Balaban J connectivity index is 1.74. The molecule has 2 aromatic rings. The van der Waals surface area contributed by atoms with Crippen molar-refractivity contribution in [2.45, 2.75) is 25.7 Å². The number of carbonyl (C=O) groups is 2.